The number of aliphatic carboxylic acids is 1. The minimum atomic E-state index is -0.941. The van der Waals surface area contributed by atoms with Gasteiger partial charge in [-0.3, -0.25) is 19.0 Å². The minimum absolute atomic E-state index is 0.0942. The largest absolute Gasteiger partial charge is 0.481 e. The van der Waals surface area contributed by atoms with Gasteiger partial charge in [-0.15, -0.1) is 0 Å². The molecule has 0 radical (unpaired) electrons. The van der Waals surface area contributed by atoms with Gasteiger partial charge in [0, 0.05) is 25.6 Å². The summed E-state index contributed by atoms with van der Waals surface area (Å²) < 4.78 is 1.41. The molecular formula is C17H21N3O4. The monoisotopic (exact) mass is 331 g/mol. The minimum Gasteiger partial charge on any atom is -0.481 e. The zero-order valence-corrected chi connectivity index (χ0v) is 13.8. The molecule has 1 aromatic heterocycles. The van der Waals surface area contributed by atoms with Crippen LogP contribution >= 0.6 is 0 Å². The fourth-order valence-corrected chi connectivity index (χ4v) is 2.51. The molecule has 0 spiro atoms. The van der Waals surface area contributed by atoms with Gasteiger partial charge in [0.25, 0.3) is 5.56 Å². The third-order valence-electron chi connectivity index (χ3n) is 3.81. The number of carbonyl (C=O) groups is 2. The van der Waals surface area contributed by atoms with E-state index in [1.165, 1.54) is 15.8 Å². The number of aromatic nitrogens is 2. The standard InChI is InChI=1S/C17H21N3O4/c1-12(2)20(10-8-16(22)23)15(21)7-9-19-11-18-14-6-4-3-5-13(14)17(19)24/h3-6,11-12H,7-10H2,1-2H3,(H,22,23). The van der Waals surface area contributed by atoms with E-state index in [1.807, 2.05) is 19.9 Å². The zero-order chi connectivity index (χ0) is 17.7. The van der Waals surface area contributed by atoms with E-state index in [9.17, 15) is 14.4 Å². The average Bonchev–Trinajstić information content (AvgIpc) is 2.54. The maximum atomic E-state index is 12.4. The van der Waals surface area contributed by atoms with Gasteiger partial charge < -0.3 is 10.0 Å². The lowest BCUT2D eigenvalue weighted by Gasteiger charge is -2.26. The molecule has 1 aromatic carbocycles. The van der Waals surface area contributed by atoms with Crippen LogP contribution in [0.15, 0.2) is 35.4 Å². The summed E-state index contributed by atoms with van der Waals surface area (Å²) in [4.78, 5) is 41.2. The lowest BCUT2D eigenvalue weighted by Crippen LogP contribution is -2.39. The van der Waals surface area contributed by atoms with Crippen LogP contribution in [-0.4, -0.2) is 44.0 Å². The Hall–Kier alpha value is -2.70. The highest BCUT2D eigenvalue weighted by Gasteiger charge is 2.18. The van der Waals surface area contributed by atoms with Gasteiger partial charge in [0.05, 0.1) is 23.7 Å². The van der Waals surface area contributed by atoms with Crippen LogP contribution in [0.5, 0.6) is 0 Å². The molecule has 0 fully saturated rings. The molecule has 128 valence electrons. The molecule has 24 heavy (non-hydrogen) atoms. The van der Waals surface area contributed by atoms with Gasteiger partial charge >= 0.3 is 5.97 Å². The van der Waals surface area contributed by atoms with Crippen LogP contribution in [0.1, 0.15) is 26.7 Å². The molecule has 0 unspecified atom stereocenters. The number of fused-ring (bicyclic) bond motifs is 1. The molecule has 1 heterocycles. The Morgan fingerprint density at radius 3 is 2.62 bits per heavy atom. The fraction of sp³-hybridized carbons (Fsp3) is 0.412. The molecule has 0 saturated carbocycles. The van der Waals surface area contributed by atoms with Gasteiger partial charge in [-0.2, -0.15) is 0 Å². The number of amides is 1. The maximum absolute atomic E-state index is 12.4. The van der Waals surface area contributed by atoms with Crippen LogP contribution in [-0.2, 0) is 16.1 Å². The van der Waals surface area contributed by atoms with Crippen LogP contribution in [0.3, 0.4) is 0 Å². The molecule has 0 aliphatic heterocycles. The smallest absolute Gasteiger partial charge is 0.305 e. The SMILES string of the molecule is CC(C)N(CCC(=O)O)C(=O)CCn1cnc2ccccc2c1=O. The summed E-state index contributed by atoms with van der Waals surface area (Å²) in [5.74, 6) is -1.12. The average molecular weight is 331 g/mol. The second-order valence-corrected chi connectivity index (χ2v) is 5.83. The first-order valence-electron chi connectivity index (χ1n) is 7.85. The normalized spacial score (nSPS) is 11.0. The molecule has 0 aliphatic rings. The van der Waals surface area contributed by atoms with E-state index in [0.29, 0.717) is 10.9 Å². The predicted octanol–water partition coefficient (Wildman–Crippen LogP) is 1.50. The number of benzene rings is 1. The van der Waals surface area contributed by atoms with Gasteiger partial charge in [-0.1, -0.05) is 12.1 Å². The quantitative estimate of drug-likeness (QED) is 0.830. The summed E-state index contributed by atoms with van der Waals surface area (Å²) in [5, 5.41) is 9.29. The van der Waals surface area contributed by atoms with Gasteiger partial charge in [-0.05, 0) is 26.0 Å². The summed E-state index contributed by atoms with van der Waals surface area (Å²) in [6.45, 7) is 4.05. The second kappa shape index (κ2) is 7.72. The van der Waals surface area contributed by atoms with E-state index in [-0.39, 0.29) is 43.4 Å². The molecule has 2 rings (SSSR count). The summed E-state index contributed by atoms with van der Waals surface area (Å²) in [6, 6.07) is 6.96. The Labute approximate surface area is 139 Å². The zero-order valence-electron chi connectivity index (χ0n) is 13.8. The van der Waals surface area contributed by atoms with Crippen molar-refractivity contribution in [1.82, 2.24) is 14.5 Å². The lowest BCUT2D eigenvalue weighted by molar-refractivity contribution is -0.139. The van der Waals surface area contributed by atoms with Crippen LogP contribution in [0, 0.1) is 0 Å². The molecular weight excluding hydrogens is 310 g/mol. The number of rotatable bonds is 7. The Morgan fingerprint density at radius 2 is 1.96 bits per heavy atom. The number of carbonyl (C=O) groups excluding carboxylic acids is 1. The predicted molar refractivity (Wildman–Crippen MR) is 89.7 cm³/mol. The van der Waals surface area contributed by atoms with E-state index in [1.54, 1.807) is 18.2 Å². The third-order valence-corrected chi connectivity index (χ3v) is 3.81. The first-order chi connectivity index (χ1) is 11.4. The van der Waals surface area contributed by atoms with Crippen molar-refractivity contribution in [3.63, 3.8) is 0 Å². The van der Waals surface area contributed by atoms with Gasteiger partial charge in [0.15, 0.2) is 0 Å². The van der Waals surface area contributed by atoms with Crippen molar-refractivity contribution in [1.29, 1.82) is 0 Å². The van der Waals surface area contributed by atoms with E-state index in [2.05, 4.69) is 4.98 Å². The summed E-state index contributed by atoms with van der Waals surface area (Å²) >= 11 is 0. The van der Waals surface area contributed by atoms with Gasteiger partial charge in [0.2, 0.25) is 5.91 Å². The Kier molecular flexibility index (Phi) is 5.68. The number of aryl methyl sites for hydroxylation is 1. The van der Waals surface area contributed by atoms with Crippen molar-refractivity contribution in [2.75, 3.05) is 6.54 Å². The number of hydrogen-bond donors (Lipinski definition) is 1. The molecule has 7 heteroatoms. The highest BCUT2D eigenvalue weighted by atomic mass is 16.4. The molecule has 0 bridgehead atoms. The maximum Gasteiger partial charge on any atom is 0.305 e. The number of nitrogens with zero attached hydrogens (tertiary/aromatic N) is 3. The van der Waals surface area contributed by atoms with Gasteiger partial charge in [-0.25, -0.2) is 4.98 Å². The molecule has 0 saturated heterocycles. The highest BCUT2D eigenvalue weighted by molar-refractivity contribution is 5.78. The summed E-state index contributed by atoms with van der Waals surface area (Å²) in [5.41, 5.74) is 0.436. The number of para-hydroxylation sites is 1. The van der Waals surface area contributed by atoms with E-state index in [0.717, 1.165) is 0 Å². The fourth-order valence-electron chi connectivity index (χ4n) is 2.51. The topological polar surface area (TPSA) is 92.5 Å². The summed E-state index contributed by atoms with van der Waals surface area (Å²) in [7, 11) is 0. The second-order valence-electron chi connectivity index (χ2n) is 5.83. The van der Waals surface area contributed by atoms with E-state index < -0.39 is 5.97 Å². The number of carboxylic acids is 1. The first kappa shape index (κ1) is 17.7. The van der Waals surface area contributed by atoms with E-state index >= 15 is 0 Å². The number of hydrogen-bond acceptors (Lipinski definition) is 4. The molecule has 1 N–H and O–H groups in total. The number of carboxylic acid groups (broad SMARTS) is 1. The Balaban J connectivity index is 2.09. The van der Waals surface area contributed by atoms with Crippen molar-refractivity contribution in [2.24, 2.45) is 0 Å². The van der Waals surface area contributed by atoms with Crippen LogP contribution in [0.4, 0.5) is 0 Å². The molecule has 0 aliphatic carbocycles. The van der Waals surface area contributed by atoms with Crippen LogP contribution in [0.2, 0.25) is 0 Å². The van der Waals surface area contributed by atoms with Crippen LogP contribution in [0.25, 0.3) is 10.9 Å². The molecule has 7 nitrogen and oxygen atoms in total. The Bertz CT molecular complexity index is 798. The van der Waals surface area contributed by atoms with Crippen molar-refractivity contribution in [2.45, 2.75) is 39.3 Å². The third kappa shape index (κ3) is 4.18. The molecule has 1 amide bonds. The van der Waals surface area contributed by atoms with Crippen molar-refractivity contribution in [3.05, 3.63) is 40.9 Å². The van der Waals surface area contributed by atoms with Gasteiger partial charge in [0.1, 0.15) is 0 Å². The van der Waals surface area contributed by atoms with Crippen molar-refractivity contribution in [3.8, 4) is 0 Å². The molecule has 0 atom stereocenters. The summed E-state index contributed by atoms with van der Waals surface area (Å²) in [6.07, 6.45) is 1.47. The van der Waals surface area contributed by atoms with E-state index in [4.69, 9.17) is 5.11 Å². The molecule has 2 aromatic rings. The lowest BCUT2D eigenvalue weighted by atomic mass is 10.2. The van der Waals surface area contributed by atoms with Crippen LogP contribution < -0.4 is 5.56 Å². The van der Waals surface area contributed by atoms with Crippen molar-refractivity contribution >= 4 is 22.8 Å². The highest BCUT2D eigenvalue weighted by Crippen LogP contribution is 2.07. The van der Waals surface area contributed by atoms with Crippen molar-refractivity contribution < 1.29 is 14.7 Å². The first-order valence-corrected chi connectivity index (χ1v) is 7.85. The Morgan fingerprint density at radius 1 is 1.25 bits per heavy atom.